The number of benzene rings is 1. The van der Waals surface area contributed by atoms with Crippen LogP contribution in [-0.2, 0) is 0 Å². The molecule has 1 fully saturated rings. The normalized spacial score (nSPS) is 16.7. The fourth-order valence-electron chi connectivity index (χ4n) is 1.89. The Labute approximate surface area is 91.7 Å². The molecule has 1 aromatic rings. The monoisotopic (exact) mass is 209 g/mol. The first-order chi connectivity index (χ1) is 7.36. The van der Waals surface area contributed by atoms with Gasteiger partial charge >= 0.3 is 0 Å². The van der Waals surface area contributed by atoms with Crippen molar-refractivity contribution >= 4 is 0 Å². The van der Waals surface area contributed by atoms with Crippen LogP contribution in [0.3, 0.4) is 0 Å². The van der Waals surface area contributed by atoms with Gasteiger partial charge < -0.3 is 5.32 Å². The van der Waals surface area contributed by atoms with Gasteiger partial charge in [-0.2, -0.15) is 0 Å². The number of halogens is 1. The lowest BCUT2D eigenvalue weighted by Gasteiger charge is -2.22. The van der Waals surface area contributed by atoms with Crippen LogP contribution in [0.1, 0.15) is 38.2 Å². The highest BCUT2D eigenvalue weighted by molar-refractivity contribution is 5.20. The van der Waals surface area contributed by atoms with Gasteiger partial charge in [-0.3, -0.25) is 0 Å². The predicted octanol–water partition coefficient (Wildman–Crippen LogP) is 3.32. The van der Waals surface area contributed by atoms with E-state index < -0.39 is 0 Å². The smallest absolute Gasteiger partial charge is 0.123 e. The molecule has 15 heavy (non-hydrogen) atoms. The van der Waals surface area contributed by atoms with Gasteiger partial charge in [-0.1, -0.05) is 26.0 Å². The third-order valence-corrected chi connectivity index (χ3v) is 2.68. The molecule has 1 aliphatic heterocycles. The summed E-state index contributed by atoms with van der Waals surface area (Å²) in [4.78, 5) is 0. The van der Waals surface area contributed by atoms with Crippen LogP contribution in [0, 0.1) is 5.82 Å². The van der Waals surface area contributed by atoms with Crippen LogP contribution >= 0.6 is 0 Å². The second kappa shape index (κ2) is 6.57. The van der Waals surface area contributed by atoms with E-state index in [1.54, 1.807) is 12.1 Å². The fraction of sp³-hybridized carbons (Fsp3) is 0.538. The van der Waals surface area contributed by atoms with Crippen molar-refractivity contribution in [3.05, 3.63) is 35.6 Å². The third kappa shape index (κ3) is 3.63. The predicted molar refractivity (Wildman–Crippen MR) is 62.6 cm³/mol. The number of piperidine rings is 1. The summed E-state index contributed by atoms with van der Waals surface area (Å²) >= 11 is 0. The van der Waals surface area contributed by atoms with E-state index in [-0.39, 0.29) is 5.82 Å². The van der Waals surface area contributed by atoms with Gasteiger partial charge in [-0.05, 0) is 49.5 Å². The third-order valence-electron chi connectivity index (χ3n) is 2.68. The topological polar surface area (TPSA) is 12.0 Å². The number of hydrogen-bond donors (Lipinski definition) is 1. The standard InChI is InChI=1S/C11H14FN.C2H6/c12-11-3-1-9(2-4-11)10-5-7-13-8-6-10;1-2/h1-4,10,13H,5-8H2;1-2H3. The highest BCUT2D eigenvalue weighted by Crippen LogP contribution is 2.24. The Morgan fingerprint density at radius 1 is 1.07 bits per heavy atom. The molecule has 0 atom stereocenters. The van der Waals surface area contributed by atoms with E-state index in [9.17, 15) is 4.39 Å². The quantitative estimate of drug-likeness (QED) is 0.748. The van der Waals surface area contributed by atoms with Crippen molar-refractivity contribution in [1.82, 2.24) is 5.32 Å². The fourth-order valence-corrected chi connectivity index (χ4v) is 1.89. The summed E-state index contributed by atoms with van der Waals surface area (Å²) in [6, 6.07) is 6.92. The van der Waals surface area contributed by atoms with E-state index in [0.717, 1.165) is 13.1 Å². The Bertz CT molecular complexity index is 262. The van der Waals surface area contributed by atoms with Crippen molar-refractivity contribution in [3.8, 4) is 0 Å². The number of nitrogens with one attached hydrogen (secondary N) is 1. The first-order valence-electron chi connectivity index (χ1n) is 5.82. The molecule has 2 rings (SSSR count). The summed E-state index contributed by atoms with van der Waals surface area (Å²) in [7, 11) is 0. The van der Waals surface area contributed by atoms with Gasteiger partial charge in [0, 0.05) is 0 Å². The average molecular weight is 209 g/mol. The zero-order chi connectivity index (χ0) is 11.1. The molecule has 0 spiro atoms. The first-order valence-corrected chi connectivity index (χ1v) is 5.82. The maximum atomic E-state index is 12.6. The molecular formula is C13H20FN. The minimum atomic E-state index is -0.141. The molecule has 0 saturated carbocycles. The molecule has 1 N–H and O–H groups in total. The summed E-state index contributed by atoms with van der Waals surface area (Å²) in [5, 5.41) is 3.32. The van der Waals surface area contributed by atoms with Gasteiger partial charge in [0.2, 0.25) is 0 Å². The Kier molecular flexibility index (Phi) is 5.33. The lowest BCUT2D eigenvalue weighted by atomic mass is 9.90. The molecule has 0 amide bonds. The van der Waals surface area contributed by atoms with E-state index in [4.69, 9.17) is 0 Å². The van der Waals surface area contributed by atoms with Gasteiger partial charge in [-0.25, -0.2) is 4.39 Å². The van der Waals surface area contributed by atoms with Crippen molar-refractivity contribution < 1.29 is 4.39 Å². The molecular weight excluding hydrogens is 189 g/mol. The van der Waals surface area contributed by atoms with Gasteiger partial charge in [0.1, 0.15) is 5.82 Å². The second-order valence-corrected chi connectivity index (χ2v) is 3.58. The molecule has 1 aliphatic rings. The van der Waals surface area contributed by atoms with Gasteiger partial charge in [0.05, 0.1) is 0 Å². The molecule has 1 nitrogen and oxygen atoms in total. The molecule has 1 heterocycles. The van der Waals surface area contributed by atoms with E-state index >= 15 is 0 Å². The maximum Gasteiger partial charge on any atom is 0.123 e. The van der Waals surface area contributed by atoms with Crippen LogP contribution in [0.4, 0.5) is 4.39 Å². The van der Waals surface area contributed by atoms with Crippen molar-refractivity contribution in [2.75, 3.05) is 13.1 Å². The highest BCUT2D eigenvalue weighted by atomic mass is 19.1. The lowest BCUT2D eigenvalue weighted by molar-refractivity contribution is 0.460. The molecule has 1 saturated heterocycles. The molecule has 84 valence electrons. The molecule has 0 bridgehead atoms. The van der Waals surface area contributed by atoms with Crippen LogP contribution in [0.15, 0.2) is 24.3 Å². The van der Waals surface area contributed by atoms with Crippen LogP contribution in [-0.4, -0.2) is 13.1 Å². The van der Waals surface area contributed by atoms with Crippen LogP contribution in [0.5, 0.6) is 0 Å². The highest BCUT2D eigenvalue weighted by Gasteiger charge is 2.14. The summed E-state index contributed by atoms with van der Waals surface area (Å²) < 4.78 is 12.6. The average Bonchev–Trinajstić information content (AvgIpc) is 2.34. The largest absolute Gasteiger partial charge is 0.317 e. The van der Waals surface area contributed by atoms with Crippen molar-refractivity contribution in [2.24, 2.45) is 0 Å². The first kappa shape index (κ1) is 12.2. The van der Waals surface area contributed by atoms with Crippen molar-refractivity contribution in [1.29, 1.82) is 0 Å². The summed E-state index contributed by atoms with van der Waals surface area (Å²) in [6.45, 7) is 6.17. The molecule has 1 aromatic carbocycles. The SMILES string of the molecule is CC.Fc1ccc(C2CCNCC2)cc1. The summed E-state index contributed by atoms with van der Waals surface area (Å²) in [6.07, 6.45) is 2.34. The van der Waals surface area contributed by atoms with Crippen LogP contribution < -0.4 is 5.32 Å². The van der Waals surface area contributed by atoms with Crippen molar-refractivity contribution in [3.63, 3.8) is 0 Å². The Morgan fingerprint density at radius 3 is 2.13 bits per heavy atom. The van der Waals surface area contributed by atoms with Gasteiger partial charge in [-0.15, -0.1) is 0 Å². The second-order valence-electron chi connectivity index (χ2n) is 3.58. The molecule has 0 aliphatic carbocycles. The number of hydrogen-bond acceptors (Lipinski definition) is 1. The lowest BCUT2D eigenvalue weighted by Crippen LogP contribution is -2.26. The minimum absolute atomic E-state index is 0.141. The minimum Gasteiger partial charge on any atom is -0.317 e. The number of rotatable bonds is 1. The Hall–Kier alpha value is -0.890. The molecule has 0 aromatic heterocycles. The summed E-state index contributed by atoms with van der Waals surface area (Å²) in [5.74, 6) is 0.486. The zero-order valence-electron chi connectivity index (χ0n) is 9.59. The van der Waals surface area contributed by atoms with Gasteiger partial charge in [0.15, 0.2) is 0 Å². The van der Waals surface area contributed by atoms with Crippen molar-refractivity contribution in [2.45, 2.75) is 32.6 Å². The van der Waals surface area contributed by atoms with Crippen LogP contribution in [0.25, 0.3) is 0 Å². The summed E-state index contributed by atoms with van der Waals surface area (Å²) in [5.41, 5.74) is 1.28. The van der Waals surface area contributed by atoms with Crippen LogP contribution in [0.2, 0.25) is 0 Å². The zero-order valence-corrected chi connectivity index (χ0v) is 9.59. The maximum absolute atomic E-state index is 12.6. The molecule has 0 radical (unpaired) electrons. The van der Waals surface area contributed by atoms with E-state index in [1.165, 1.54) is 18.4 Å². The Balaban J connectivity index is 0.000000531. The Morgan fingerprint density at radius 2 is 1.60 bits per heavy atom. The van der Waals surface area contributed by atoms with E-state index in [1.807, 2.05) is 26.0 Å². The molecule has 0 unspecified atom stereocenters. The van der Waals surface area contributed by atoms with Gasteiger partial charge in [0.25, 0.3) is 0 Å². The molecule has 2 heteroatoms. The van der Waals surface area contributed by atoms with E-state index in [0.29, 0.717) is 5.92 Å². The van der Waals surface area contributed by atoms with E-state index in [2.05, 4.69) is 5.32 Å².